The second kappa shape index (κ2) is 5.88. The van der Waals surface area contributed by atoms with E-state index in [9.17, 15) is 19.5 Å². The largest absolute Gasteiger partial charge is 0.504 e. The van der Waals surface area contributed by atoms with E-state index in [1.165, 1.54) is 19.1 Å². The molecule has 0 amide bonds. The van der Waals surface area contributed by atoms with E-state index in [4.69, 9.17) is 9.52 Å². The van der Waals surface area contributed by atoms with Crippen LogP contribution in [0.15, 0.2) is 27.4 Å². The van der Waals surface area contributed by atoms with Crippen molar-refractivity contribution in [2.75, 3.05) is 6.61 Å². The zero-order valence-corrected chi connectivity index (χ0v) is 11.4. The highest BCUT2D eigenvalue weighted by Crippen LogP contribution is 2.27. The molecule has 0 atom stereocenters. The van der Waals surface area contributed by atoms with Gasteiger partial charge in [0, 0.05) is 18.9 Å². The van der Waals surface area contributed by atoms with Gasteiger partial charge in [0.1, 0.15) is 5.78 Å². The van der Waals surface area contributed by atoms with Crippen molar-refractivity contribution in [2.24, 2.45) is 0 Å². The number of rotatable bonds is 5. The maximum Gasteiger partial charge on any atom is 0.200 e. The monoisotopic (exact) mass is 290 g/mol. The number of phenols is 1. The van der Waals surface area contributed by atoms with Crippen LogP contribution in [0.2, 0.25) is 0 Å². The number of fused-ring (bicyclic) bond motifs is 1. The van der Waals surface area contributed by atoms with Gasteiger partial charge in [-0.3, -0.25) is 14.4 Å². The van der Waals surface area contributed by atoms with Crippen molar-refractivity contribution in [3.8, 4) is 5.75 Å². The first kappa shape index (κ1) is 14.9. The summed E-state index contributed by atoms with van der Waals surface area (Å²) in [4.78, 5) is 35.1. The molecule has 0 unspecified atom stereocenters. The van der Waals surface area contributed by atoms with Crippen LogP contribution in [-0.4, -0.2) is 28.4 Å². The van der Waals surface area contributed by atoms with Crippen LogP contribution in [0.1, 0.15) is 29.5 Å². The molecule has 0 saturated carbocycles. The number of hydrogen-bond donors (Lipinski definition) is 2. The number of phenolic OH excluding ortho intramolecular Hbond substituents is 1. The van der Waals surface area contributed by atoms with Crippen LogP contribution in [-0.2, 0) is 11.2 Å². The lowest BCUT2D eigenvalue weighted by atomic mass is 10.0. The van der Waals surface area contributed by atoms with Crippen molar-refractivity contribution in [3.63, 3.8) is 0 Å². The molecular weight excluding hydrogens is 276 g/mol. The Hall–Kier alpha value is -2.47. The summed E-state index contributed by atoms with van der Waals surface area (Å²) in [5.41, 5.74) is -0.197. The fourth-order valence-electron chi connectivity index (χ4n) is 2.09. The van der Waals surface area contributed by atoms with E-state index < -0.39 is 11.2 Å². The molecule has 1 aromatic carbocycles. The molecule has 6 nitrogen and oxygen atoms in total. The summed E-state index contributed by atoms with van der Waals surface area (Å²) in [6, 6.07) is 3.80. The standard InChI is InChI=1S/C15H14O6/c1-8(17)6-9-2-3-11(19)15-14(9)12(20)7-13(21-15)10(18)4-5-16/h2-3,7,16,19H,4-6H2,1H3. The molecule has 0 aliphatic rings. The molecule has 2 N–H and O–H groups in total. The van der Waals surface area contributed by atoms with Crippen LogP contribution < -0.4 is 5.43 Å². The molecule has 0 aliphatic carbocycles. The summed E-state index contributed by atoms with van der Waals surface area (Å²) >= 11 is 0. The molecule has 0 fully saturated rings. The van der Waals surface area contributed by atoms with E-state index in [2.05, 4.69) is 0 Å². The van der Waals surface area contributed by atoms with Crippen LogP contribution in [0.5, 0.6) is 5.75 Å². The normalized spacial score (nSPS) is 10.8. The number of benzene rings is 1. The summed E-state index contributed by atoms with van der Waals surface area (Å²) in [6.45, 7) is 1.02. The van der Waals surface area contributed by atoms with Crippen molar-refractivity contribution in [2.45, 2.75) is 19.8 Å². The molecule has 1 heterocycles. The van der Waals surface area contributed by atoms with Crippen LogP contribution in [0.25, 0.3) is 11.0 Å². The number of aliphatic hydroxyl groups is 1. The molecule has 0 radical (unpaired) electrons. The Bertz CT molecular complexity index is 772. The van der Waals surface area contributed by atoms with Crippen LogP contribution in [0, 0.1) is 0 Å². The lowest BCUT2D eigenvalue weighted by Crippen LogP contribution is -2.11. The summed E-state index contributed by atoms with van der Waals surface area (Å²) in [5, 5.41) is 18.7. The summed E-state index contributed by atoms with van der Waals surface area (Å²) < 4.78 is 5.29. The fraction of sp³-hybridized carbons (Fsp3) is 0.267. The third kappa shape index (κ3) is 3.00. The number of aromatic hydroxyl groups is 1. The van der Waals surface area contributed by atoms with E-state index in [-0.39, 0.29) is 47.7 Å². The molecule has 110 valence electrons. The summed E-state index contributed by atoms with van der Waals surface area (Å²) in [5.74, 6) is -1.18. The molecule has 2 rings (SSSR count). The predicted molar refractivity (Wildman–Crippen MR) is 74.6 cm³/mol. The van der Waals surface area contributed by atoms with Gasteiger partial charge in [0.2, 0.25) is 0 Å². The molecule has 0 spiro atoms. The van der Waals surface area contributed by atoms with E-state index in [1.54, 1.807) is 0 Å². The second-order valence-electron chi connectivity index (χ2n) is 4.70. The first-order valence-electron chi connectivity index (χ1n) is 6.36. The predicted octanol–water partition coefficient (Wildman–Crippen LogP) is 1.20. The van der Waals surface area contributed by atoms with Gasteiger partial charge in [-0.25, -0.2) is 0 Å². The average Bonchev–Trinajstić information content (AvgIpc) is 2.41. The molecule has 21 heavy (non-hydrogen) atoms. The minimum atomic E-state index is -0.534. The van der Waals surface area contributed by atoms with E-state index in [0.717, 1.165) is 6.07 Å². The van der Waals surface area contributed by atoms with Gasteiger partial charge in [-0.05, 0) is 18.6 Å². The number of aliphatic hydroxyl groups excluding tert-OH is 1. The number of ketones is 2. The van der Waals surface area contributed by atoms with E-state index in [1.807, 2.05) is 0 Å². The Morgan fingerprint density at radius 3 is 2.62 bits per heavy atom. The summed E-state index contributed by atoms with van der Waals surface area (Å²) in [6.07, 6.45) is -0.145. The molecule has 0 saturated heterocycles. The molecular formula is C15H14O6. The molecule has 0 bridgehead atoms. The number of Topliss-reactive ketones (excluding diaryl/α,β-unsaturated/α-hetero) is 2. The molecule has 0 aliphatic heterocycles. The third-order valence-corrected chi connectivity index (χ3v) is 3.00. The highest BCUT2D eigenvalue weighted by Gasteiger charge is 2.17. The zero-order valence-electron chi connectivity index (χ0n) is 11.4. The fourth-order valence-corrected chi connectivity index (χ4v) is 2.09. The number of carbonyl (C=O) groups is 2. The SMILES string of the molecule is CC(=O)Cc1ccc(O)c2oc(C(=O)CCO)cc(=O)c12. The van der Waals surface area contributed by atoms with Gasteiger partial charge in [0.25, 0.3) is 0 Å². The number of carbonyl (C=O) groups excluding carboxylic acids is 2. The molecule has 6 heteroatoms. The quantitative estimate of drug-likeness (QED) is 0.801. The Morgan fingerprint density at radius 2 is 2.00 bits per heavy atom. The third-order valence-electron chi connectivity index (χ3n) is 3.00. The van der Waals surface area contributed by atoms with Gasteiger partial charge in [0.15, 0.2) is 28.3 Å². The Morgan fingerprint density at radius 1 is 1.29 bits per heavy atom. The Labute approximate surface area is 119 Å². The van der Waals surface area contributed by atoms with Gasteiger partial charge in [0.05, 0.1) is 12.0 Å². The first-order chi connectivity index (χ1) is 9.93. The number of hydrogen-bond acceptors (Lipinski definition) is 6. The van der Waals surface area contributed by atoms with Crippen molar-refractivity contribution in [3.05, 3.63) is 39.7 Å². The highest BCUT2D eigenvalue weighted by molar-refractivity contribution is 5.96. The van der Waals surface area contributed by atoms with Crippen LogP contribution in [0.4, 0.5) is 0 Å². The lowest BCUT2D eigenvalue weighted by Gasteiger charge is -2.07. The minimum absolute atomic E-state index is 0.0332. The second-order valence-corrected chi connectivity index (χ2v) is 4.70. The average molecular weight is 290 g/mol. The molecule has 1 aromatic heterocycles. The smallest absolute Gasteiger partial charge is 0.200 e. The van der Waals surface area contributed by atoms with Crippen LogP contribution >= 0.6 is 0 Å². The van der Waals surface area contributed by atoms with E-state index in [0.29, 0.717) is 5.56 Å². The van der Waals surface area contributed by atoms with Crippen molar-refractivity contribution in [1.82, 2.24) is 0 Å². The zero-order chi connectivity index (χ0) is 15.6. The topological polar surface area (TPSA) is 105 Å². The maximum atomic E-state index is 12.2. The first-order valence-corrected chi connectivity index (χ1v) is 6.36. The Balaban J connectivity index is 2.70. The summed E-state index contributed by atoms with van der Waals surface area (Å²) in [7, 11) is 0. The van der Waals surface area contributed by atoms with Crippen molar-refractivity contribution >= 4 is 22.5 Å². The van der Waals surface area contributed by atoms with Crippen LogP contribution in [0.3, 0.4) is 0 Å². The van der Waals surface area contributed by atoms with Crippen molar-refractivity contribution < 1.29 is 24.2 Å². The maximum absolute atomic E-state index is 12.2. The lowest BCUT2D eigenvalue weighted by molar-refractivity contribution is -0.116. The molecule has 2 aromatic rings. The highest BCUT2D eigenvalue weighted by atomic mass is 16.4. The van der Waals surface area contributed by atoms with Gasteiger partial charge in [-0.1, -0.05) is 6.07 Å². The van der Waals surface area contributed by atoms with Gasteiger partial charge in [-0.15, -0.1) is 0 Å². The van der Waals surface area contributed by atoms with E-state index >= 15 is 0 Å². The van der Waals surface area contributed by atoms with Gasteiger partial charge in [-0.2, -0.15) is 0 Å². The van der Waals surface area contributed by atoms with Crippen molar-refractivity contribution in [1.29, 1.82) is 0 Å². The van der Waals surface area contributed by atoms with Gasteiger partial charge >= 0.3 is 0 Å². The minimum Gasteiger partial charge on any atom is -0.504 e. The van der Waals surface area contributed by atoms with Gasteiger partial charge < -0.3 is 14.6 Å². The Kier molecular flexibility index (Phi) is 4.18.